The van der Waals surface area contributed by atoms with Gasteiger partial charge in [0.2, 0.25) is 0 Å². The zero-order valence-corrected chi connectivity index (χ0v) is 18.9. The van der Waals surface area contributed by atoms with Crippen LogP contribution in [-0.4, -0.2) is 31.7 Å². The quantitative estimate of drug-likeness (QED) is 0.431. The van der Waals surface area contributed by atoms with E-state index in [2.05, 4.69) is 19.2 Å². The lowest BCUT2D eigenvalue weighted by molar-refractivity contribution is -0.142. The van der Waals surface area contributed by atoms with Gasteiger partial charge in [0, 0.05) is 11.8 Å². The van der Waals surface area contributed by atoms with Crippen molar-refractivity contribution in [1.29, 1.82) is 0 Å². The monoisotopic (exact) mass is 425 g/mol. The molecule has 0 saturated carbocycles. The van der Waals surface area contributed by atoms with Crippen molar-refractivity contribution in [3.63, 3.8) is 0 Å². The van der Waals surface area contributed by atoms with Crippen LogP contribution >= 0.6 is 0 Å². The van der Waals surface area contributed by atoms with Crippen LogP contribution in [-0.2, 0) is 14.3 Å². The van der Waals surface area contributed by atoms with Gasteiger partial charge >= 0.3 is 5.97 Å². The standard InChI is InChI=1S/C25H31NO5/c1-6-29-22-14-20(10-12-21(22)30-15-17(2)3)11-13-24(28)31-16-23(27)26-25-18(4)8-7-9-19(25)5/h7-14,17H,6,15-16H2,1-5H3,(H,26,27). The maximum atomic E-state index is 12.1. The molecule has 166 valence electrons. The number of ether oxygens (including phenoxy) is 3. The summed E-state index contributed by atoms with van der Waals surface area (Å²) in [5.41, 5.74) is 3.40. The van der Waals surface area contributed by atoms with Crippen LogP contribution in [0.5, 0.6) is 11.5 Å². The summed E-state index contributed by atoms with van der Waals surface area (Å²) in [4.78, 5) is 24.1. The van der Waals surface area contributed by atoms with Crippen LogP contribution in [0.2, 0.25) is 0 Å². The SMILES string of the molecule is CCOc1cc(C=CC(=O)OCC(=O)Nc2c(C)cccc2C)ccc1OCC(C)C. The second-order valence-corrected chi connectivity index (χ2v) is 7.60. The highest BCUT2D eigenvalue weighted by atomic mass is 16.5. The Labute approximate surface area is 184 Å². The molecule has 0 radical (unpaired) electrons. The molecular weight excluding hydrogens is 394 g/mol. The molecule has 0 atom stereocenters. The van der Waals surface area contributed by atoms with Gasteiger partial charge in [-0.2, -0.15) is 0 Å². The van der Waals surface area contributed by atoms with Gasteiger partial charge in [-0.05, 0) is 61.6 Å². The average molecular weight is 426 g/mol. The molecule has 1 N–H and O–H groups in total. The molecule has 0 saturated heterocycles. The largest absolute Gasteiger partial charge is 0.490 e. The minimum absolute atomic E-state index is 0.358. The van der Waals surface area contributed by atoms with Gasteiger partial charge in [0.1, 0.15) is 0 Å². The number of carbonyl (C=O) groups is 2. The predicted molar refractivity (Wildman–Crippen MR) is 122 cm³/mol. The van der Waals surface area contributed by atoms with Crippen molar-refractivity contribution in [2.45, 2.75) is 34.6 Å². The molecule has 31 heavy (non-hydrogen) atoms. The van der Waals surface area contributed by atoms with E-state index in [0.717, 1.165) is 22.4 Å². The third-order valence-corrected chi connectivity index (χ3v) is 4.34. The van der Waals surface area contributed by atoms with Gasteiger partial charge in [-0.15, -0.1) is 0 Å². The zero-order chi connectivity index (χ0) is 22.8. The summed E-state index contributed by atoms with van der Waals surface area (Å²) in [6, 6.07) is 11.2. The summed E-state index contributed by atoms with van der Waals surface area (Å²) in [5, 5.41) is 2.78. The summed E-state index contributed by atoms with van der Waals surface area (Å²) < 4.78 is 16.5. The van der Waals surface area contributed by atoms with E-state index in [1.54, 1.807) is 12.1 Å². The first-order valence-corrected chi connectivity index (χ1v) is 10.4. The summed E-state index contributed by atoms with van der Waals surface area (Å²) in [6.07, 6.45) is 2.90. The van der Waals surface area contributed by atoms with E-state index < -0.39 is 5.97 Å². The molecule has 6 heteroatoms. The van der Waals surface area contributed by atoms with Crippen LogP contribution in [0.3, 0.4) is 0 Å². The van der Waals surface area contributed by atoms with Gasteiger partial charge < -0.3 is 19.5 Å². The van der Waals surface area contributed by atoms with Crippen LogP contribution in [0.1, 0.15) is 37.5 Å². The maximum Gasteiger partial charge on any atom is 0.331 e. The first kappa shape index (κ1) is 24.0. The molecule has 0 aliphatic rings. The number of para-hydroxylation sites is 1. The smallest absolute Gasteiger partial charge is 0.331 e. The molecule has 0 fully saturated rings. The van der Waals surface area contributed by atoms with Crippen molar-refractivity contribution in [2.24, 2.45) is 5.92 Å². The molecule has 2 rings (SSSR count). The second kappa shape index (κ2) is 11.8. The molecule has 2 aromatic rings. The molecule has 0 aliphatic carbocycles. The number of rotatable bonds is 10. The Morgan fingerprint density at radius 1 is 1.03 bits per heavy atom. The summed E-state index contributed by atoms with van der Waals surface area (Å²) >= 11 is 0. The minimum Gasteiger partial charge on any atom is -0.490 e. The Balaban J connectivity index is 1.93. The average Bonchev–Trinajstić information content (AvgIpc) is 2.73. The number of anilines is 1. The molecule has 1 amide bonds. The minimum atomic E-state index is -0.602. The van der Waals surface area contributed by atoms with Gasteiger partial charge in [0.05, 0.1) is 13.2 Å². The third-order valence-electron chi connectivity index (χ3n) is 4.34. The molecule has 0 aromatic heterocycles. The zero-order valence-electron chi connectivity index (χ0n) is 18.9. The molecule has 0 unspecified atom stereocenters. The first-order valence-electron chi connectivity index (χ1n) is 10.4. The Bertz CT molecular complexity index is 913. The van der Waals surface area contributed by atoms with Crippen molar-refractivity contribution < 1.29 is 23.8 Å². The van der Waals surface area contributed by atoms with Crippen LogP contribution < -0.4 is 14.8 Å². The number of aryl methyl sites for hydroxylation is 2. The molecule has 0 spiro atoms. The summed E-state index contributed by atoms with van der Waals surface area (Å²) in [7, 11) is 0. The normalized spacial score (nSPS) is 10.9. The van der Waals surface area contributed by atoms with Gasteiger partial charge in [-0.3, -0.25) is 4.79 Å². The van der Waals surface area contributed by atoms with Gasteiger partial charge in [-0.25, -0.2) is 4.79 Å². The van der Waals surface area contributed by atoms with E-state index in [4.69, 9.17) is 14.2 Å². The summed E-state index contributed by atoms with van der Waals surface area (Å²) in [6.45, 7) is 10.6. The van der Waals surface area contributed by atoms with Crippen molar-refractivity contribution in [2.75, 3.05) is 25.1 Å². The summed E-state index contributed by atoms with van der Waals surface area (Å²) in [5.74, 6) is 0.694. The number of amides is 1. The molecule has 6 nitrogen and oxygen atoms in total. The number of carbonyl (C=O) groups excluding carboxylic acids is 2. The predicted octanol–water partition coefficient (Wildman–Crippen LogP) is 4.93. The van der Waals surface area contributed by atoms with Gasteiger partial charge in [-0.1, -0.05) is 38.1 Å². The van der Waals surface area contributed by atoms with Gasteiger partial charge in [0.25, 0.3) is 5.91 Å². The van der Waals surface area contributed by atoms with E-state index >= 15 is 0 Å². The Kier molecular flexibility index (Phi) is 9.13. The molecule has 0 bridgehead atoms. The first-order chi connectivity index (χ1) is 14.8. The topological polar surface area (TPSA) is 73.9 Å². The molecular formula is C25H31NO5. The Morgan fingerprint density at radius 3 is 2.39 bits per heavy atom. The van der Waals surface area contributed by atoms with E-state index in [1.807, 2.05) is 51.1 Å². The maximum absolute atomic E-state index is 12.1. The molecule has 2 aromatic carbocycles. The lowest BCUT2D eigenvalue weighted by Gasteiger charge is -2.14. The fraction of sp³-hybridized carbons (Fsp3) is 0.360. The molecule has 0 heterocycles. The van der Waals surface area contributed by atoms with Crippen LogP contribution in [0.25, 0.3) is 6.08 Å². The third kappa shape index (κ3) is 7.81. The number of hydrogen-bond donors (Lipinski definition) is 1. The fourth-order valence-electron chi connectivity index (χ4n) is 2.81. The Morgan fingerprint density at radius 2 is 1.74 bits per heavy atom. The van der Waals surface area contributed by atoms with E-state index in [-0.39, 0.29) is 12.5 Å². The van der Waals surface area contributed by atoms with Crippen molar-refractivity contribution in [3.05, 3.63) is 59.2 Å². The lowest BCUT2D eigenvalue weighted by atomic mass is 10.1. The highest BCUT2D eigenvalue weighted by molar-refractivity contribution is 5.95. The van der Waals surface area contributed by atoms with E-state index in [1.165, 1.54) is 6.08 Å². The fourth-order valence-corrected chi connectivity index (χ4v) is 2.81. The van der Waals surface area contributed by atoms with Crippen LogP contribution in [0.15, 0.2) is 42.5 Å². The van der Waals surface area contributed by atoms with Crippen molar-refractivity contribution in [1.82, 2.24) is 0 Å². The Hall–Kier alpha value is -3.28. The highest BCUT2D eigenvalue weighted by Crippen LogP contribution is 2.29. The van der Waals surface area contributed by atoms with Gasteiger partial charge in [0.15, 0.2) is 18.1 Å². The van der Waals surface area contributed by atoms with Crippen molar-refractivity contribution >= 4 is 23.6 Å². The lowest BCUT2D eigenvalue weighted by Crippen LogP contribution is -2.21. The number of nitrogens with one attached hydrogen (secondary N) is 1. The van der Waals surface area contributed by atoms with Crippen molar-refractivity contribution in [3.8, 4) is 11.5 Å². The van der Waals surface area contributed by atoms with E-state index in [0.29, 0.717) is 30.6 Å². The number of benzene rings is 2. The number of esters is 1. The highest BCUT2D eigenvalue weighted by Gasteiger charge is 2.10. The van der Waals surface area contributed by atoms with E-state index in [9.17, 15) is 9.59 Å². The van der Waals surface area contributed by atoms with Crippen LogP contribution in [0.4, 0.5) is 5.69 Å². The van der Waals surface area contributed by atoms with Crippen LogP contribution in [0, 0.1) is 19.8 Å². The number of hydrogen-bond acceptors (Lipinski definition) is 5. The second-order valence-electron chi connectivity index (χ2n) is 7.60. The molecule has 0 aliphatic heterocycles.